The first-order valence-electron chi connectivity index (χ1n) is 8.96. The summed E-state index contributed by atoms with van der Waals surface area (Å²) in [5.74, 6) is 1.67. The first kappa shape index (κ1) is 18.4. The van der Waals surface area contributed by atoms with Crippen molar-refractivity contribution in [3.05, 3.63) is 77.5 Å². The topological polar surface area (TPSA) is 97.2 Å². The van der Waals surface area contributed by atoms with Crippen LogP contribution in [-0.4, -0.2) is 33.5 Å². The van der Waals surface area contributed by atoms with Crippen molar-refractivity contribution in [3.8, 4) is 17.1 Å². The lowest BCUT2D eigenvalue weighted by Gasteiger charge is -2.15. The fourth-order valence-electron chi connectivity index (χ4n) is 3.00. The van der Waals surface area contributed by atoms with E-state index in [2.05, 4.69) is 15.3 Å². The number of nitrogens with zero attached hydrogens (tertiary/aromatic N) is 3. The third-order valence-corrected chi connectivity index (χ3v) is 4.47. The van der Waals surface area contributed by atoms with Gasteiger partial charge in [0.05, 0.1) is 18.5 Å². The van der Waals surface area contributed by atoms with E-state index in [-0.39, 0.29) is 5.75 Å². The van der Waals surface area contributed by atoms with Gasteiger partial charge in [-0.05, 0) is 42.5 Å². The molecule has 0 amide bonds. The Morgan fingerprint density at radius 2 is 2.14 bits per heavy atom. The van der Waals surface area contributed by atoms with Crippen LogP contribution in [0.1, 0.15) is 21.6 Å². The van der Waals surface area contributed by atoms with Crippen LogP contribution in [0, 0.1) is 0 Å². The van der Waals surface area contributed by atoms with Gasteiger partial charge < -0.3 is 15.2 Å². The summed E-state index contributed by atoms with van der Waals surface area (Å²) < 4.78 is 5.39. The van der Waals surface area contributed by atoms with E-state index in [0.29, 0.717) is 35.1 Å². The third-order valence-electron chi connectivity index (χ3n) is 4.47. The number of carbonyl (C=O) groups is 1. The molecule has 0 unspecified atom stereocenters. The third kappa shape index (κ3) is 3.84. The molecule has 1 aromatic carbocycles. The minimum Gasteiger partial charge on any atom is -0.506 e. The Morgan fingerprint density at radius 1 is 1.24 bits per heavy atom. The molecule has 3 aromatic rings. The Kier molecular flexibility index (Phi) is 5.03. The number of hydrogen-bond donors (Lipinski definition) is 2. The zero-order chi connectivity index (χ0) is 20.2. The highest BCUT2D eigenvalue weighted by Gasteiger charge is 2.17. The van der Waals surface area contributed by atoms with Crippen LogP contribution in [0.3, 0.4) is 0 Å². The Morgan fingerprint density at radius 3 is 2.90 bits per heavy atom. The maximum atomic E-state index is 11.1. The van der Waals surface area contributed by atoms with E-state index in [9.17, 15) is 9.90 Å². The van der Waals surface area contributed by atoms with Crippen LogP contribution in [0.25, 0.3) is 17.5 Å². The van der Waals surface area contributed by atoms with Gasteiger partial charge in [-0.3, -0.25) is 9.78 Å². The summed E-state index contributed by atoms with van der Waals surface area (Å²) in [4.78, 5) is 24.7. The average molecular weight is 386 g/mol. The minimum absolute atomic E-state index is 0.00795. The fraction of sp³-hybridized carbons (Fsp3) is 0.0909. The molecule has 2 heterocycles. The summed E-state index contributed by atoms with van der Waals surface area (Å²) in [5.41, 5.74) is 3.13. The van der Waals surface area contributed by atoms with Gasteiger partial charge in [0.1, 0.15) is 23.6 Å². The molecule has 2 aromatic heterocycles. The van der Waals surface area contributed by atoms with E-state index in [4.69, 9.17) is 9.72 Å². The molecular formula is C22H18N4O3. The first-order chi connectivity index (χ1) is 14.2. The lowest BCUT2D eigenvalue weighted by atomic mass is 10.1. The molecule has 0 saturated carbocycles. The second-order valence-electron chi connectivity index (χ2n) is 6.37. The number of carbonyl (C=O) groups excluding carboxylic acids is 1. The molecule has 0 spiro atoms. The Bertz CT molecular complexity index is 1120. The molecule has 29 heavy (non-hydrogen) atoms. The fourth-order valence-corrected chi connectivity index (χ4v) is 3.00. The van der Waals surface area contributed by atoms with Crippen LogP contribution in [-0.2, 0) is 11.2 Å². The summed E-state index contributed by atoms with van der Waals surface area (Å²) in [5, 5.41) is 13.4. The molecule has 0 atom stereocenters. The summed E-state index contributed by atoms with van der Waals surface area (Å²) in [6.45, 7) is 0. The van der Waals surface area contributed by atoms with Crippen molar-refractivity contribution in [2.75, 3.05) is 12.4 Å². The highest BCUT2D eigenvalue weighted by atomic mass is 16.5. The van der Waals surface area contributed by atoms with Gasteiger partial charge in [0.15, 0.2) is 5.82 Å². The van der Waals surface area contributed by atoms with Gasteiger partial charge in [0.25, 0.3) is 0 Å². The zero-order valence-electron chi connectivity index (χ0n) is 15.7. The quantitative estimate of drug-likeness (QED) is 0.507. The van der Waals surface area contributed by atoms with Gasteiger partial charge in [-0.25, -0.2) is 9.97 Å². The largest absolute Gasteiger partial charge is 0.506 e. The molecule has 7 heteroatoms. The van der Waals surface area contributed by atoms with Crippen molar-refractivity contribution >= 4 is 23.9 Å². The highest BCUT2D eigenvalue weighted by molar-refractivity contribution is 5.81. The van der Waals surface area contributed by atoms with Crippen LogP contribution in [0.2, 0.25) is 0 Å². The van der Waals surface area contributed by atoms with E-state index in [1.807, 2.05) is 30.4 Å². The first-order valence-corrected chi connectivity index (χ1v) is 8.96. The number of anilines is 2. The lowest BCUT2D eigenvalue weighted by Crippen LogP contribution is -2.05. The number of aromatic hydroxyl groups is 1. The van der Waals surface area contributed by atoms with Crippen molar-refractivity contribution in [3.63, 3.8) is 0 Å². The molecule has 0 saturated heterocycles. The molecule has 0 aliphatic heterocycles. The van der Waals surface area contributed by atoms with Gasteiger partial charge in [-0.1, -0.05) is 6.08 Å². The van der Waals surface area contributed by atoms with E-state index in [1.54, 1.807) is 31.6 Å². The summed E-state index contributed by atoms with van der Waals surface area (Å²) in [7, 11) is 1.60. The number of fused-ring (bicyclic) bond motifs is 1. The van der Waals surface area contributed by atoms with Gasteiger partial charge in [-0.2, -0.15) is 0 Å². The number of benzene rings is 1. The van der Waals surface area contributed by atoms with E-state index in [0.717, 1.165) is 23.1 Å². The van der Waals surface area contributed by atoms with Crippen molar-refractivity contribution < 1.29 is 14.6 Å². The number of pyridine rings is 1. The van der Waals surface area contributed by atoms with Crippen LogP contribution < -0.4 is 5.32 Å². The molecule has 0 fully saturated rings. The number of methoxy groups -OCH3 is 1. The smallest absolute Gasteiger partial charge is 0.163 e. The number of nitrogens with one attached hydrogen (secondary N) is 1. The van der Waals surface area contributed by atoms with Crippen molar-refractivity contribution in [1.29, 1.82) is 0 Å². The van der Waals surface area contributed by atoms with Gasteiger partial charge in [0.2, 0.25) is 0 Å². The number of allylic oxidation sites excluding steroid dienone is 2. The molecule has 1 aliphatic carbocycles. The molecule has 144 valence electrons. The molecule has 0 radical (unpaired) electrons. The highest BCUT2D eigenvalue weighted by Crippen LogP contribution is 2.32. The number of rotatable bonds is 5. The van der Waals surface area contributed by atoms with E-state index < -0.39 is 0 Å². The van der Waals surface area contributed by atoms with Crippen molar-refractivity contribution in [2.24, 2.45) is 0 Å². The molecule has 2 N–H and O–H groups in total. The molecule has 1 aliphatic rings. The maximum Gasteiger partial charge on any atom is 0.163 e. The van der Waals surface area contributed by atoms with E-state index in [1.165, 1.54) is 6.07 Å². The van der Waals surface area contributed by atoms with E-state index >= 15 is 0 Å². The van der Waals surface area contributed by atoms with Crippen LogP contribution in [0.5, 0.6) is 5.75 Å². The van der Waals surface area contributed by atoms with Crippen LogP contribution in [0.15, 0.2) is 60.6 Å². The SMILES string of the molecule is COC1=Cc2c(nc(-c3cccnc3)nc2Nc2cc(C=O)ccc2O)CC=C1. The zero-order valence-corrected chi connectivity index (χ0v) is 15.7. The number of aromatic nitrogens is 3. The lowest BCUT2D eigenvalue weighted by molar-refractivity contribution is 0.112. The second-order valence-corrected chi connectivity index (χ2v) is 6.37. The number of phenols is 1. The molecule has 7 nitrogen and oxygen atoms in total. The average Bonchev–Trinajstić information content (AvgIpc) is 2.98. The standard InChI is InChI=1S/C22H18N4O3/c1-29-16-5-2-6-18-17(11-16)22(25-19-10-14(13-27)7-8-20(19)28)26-21(24-18)15-4-3-9-23-12-15/h2-5,7-13,28H,6H2,1H3,(H,24,25,26). The predicted molar refractivity (Wildman–Crippen MR) is 110 cm³/mol. The van der Waals surface area contributed by atoms with Crippen LogP contribution >= 0.6 is 0 Å². The monoisotopic (exact) mass is 386 g/mol. The van der Waals surface area contributed by atoms with Gasteiger partial charge in [0, 0.05) is 35.5 Å². The molecule has 0 bridgehead atoms. The normalized spacial score (nSPS) is 12.5. The predicted octanol–water partition coefficient (Wildman–Crippen LogP) is 3.90. The number of ether oxygens (including phenoxy) is 1. The number of aldehydes is 1. The number of phenolic OH excluding ortho intramolecular Hbond substituents is 1. The summed E-state index contributed by atoms with van der Waals surface area (Å²) in [6, 6.07) is 8.27. The second kappa shape index (κ2) is 7.93. The Labute approximate surface area is 167 Å². The minimum atomic E-state index is 0.00795. The Hall–Kier alpha value is -4.00. The van der Waals surface area contributed by atoms with Crippen LogP contribution in [0.4, 0.5) is 11.5 Å². The summed E-state index contributed by atoms with van der Waals surface area (Å²) >= 11 is 0. The van der Waals surface area contributed by atoms with Gasteiger partial charge >= 0.3 is 0 Å². The molecule has 4 rings (SSSR count). The number of hydrogen-bond acceptors (Lipinski definition) is 7. The summed E-state index contributed by atoms with van der Waals surface area (Å²) in [6.07, 6.45) is 10.4. The maximum absolute atomic E-state index is 11.1. The molecular weight excluding hydrogens is 368 g/mol. The van der Waals surface area contributed by atoms with Gasteiger partial charge in [-0.15, -0.1) is 0 Å². The van der Waals surface area contributed by atoms with Crippen molar-refractivity contribution in [1.82, 2.24) is 15.0 Å². The van der Waals surface area contributed by atoms with Crippen molar-refractivity contribution in [2.45, 2.75) is 6.42 Å². The Balaban J connectivity index is 1.88.